The van der Waals surface area contributed by atoms with Gasteiger partial charge in [0.15, 0.2) is 0 Å². The van der Waals surface area contributed by atoms with Crippen LogP contribution in [0, 0.1) is 0 Å². The molecule has 1 rings (SSSR count). The van der Waals surface area contributed by atoms with Crippen LogP contribution in [0.2, 0.25) is 0 Å². The number of aliphatic carboxylic acids is 1. The molecule has 66 valence electrons. The van der Waals surface area contributed by atoms with Crippen LogP contribution in [0.3, 0.4) is 0 Å². The lowest BCUT2D eigenvalue weighted by Gasteiger charge is -2.25. The monoisotopic (exact) mass is 168 g/mol. The average molecular weight is 168 g/mol. The van der Waals surface area contributed by atoms with E-state index in [4.69, 9.17) is 5.11 Å². The minimum absolute atomic E-state index is 0.0928. The molecule has 0 aliphatic carbocycles. The molecule has 1 aliphatic heterocycles. The Bertz CT molecular complexity index is 225. The van der Waals surface area contributed by atoms with Crippen LogP contribution in [0.15, 0.2) is 25.2 Å². The first-order chi connectivity index (χ1) is 5.65. The average Bonchev–Trinajstić information content (AvgIpc) is 2.32. The second kappa shape index (κ2) is 3.30. The van der Waals surface area contributed by atoms with Gasteiger partial charge in [-0.25, -0.2) is 0 Å². The molecule has 0 fully saturated rings. The summed E-state index contributed by atoms with van der Waals surface area (Å²) in [6.07, 6.45) is 5.22. The van der Waals surface area contributed by atoms with Crippen LogP contribution in [0.25, 0.3) is 0 Å². The predicted octanol–water partition coefficient (Wildman–Crippen LogP) is 0.649. The van der Waals surface area contributed by atoms with E-state index in [9.17, 15) is 4.79 Å². The van der Waals surface area contributed by atoms with E-state index in [0.29, 0.717) is 0 Å². The molecule has 0 saturated heterocycles. The van der Waals surface area contributed by atoms with Crippen molar-refractivity contribution in [1.82, 2.24) is 9.80 Å². The van der Waals surface area contributed by atoms with Crippen molar-refractivity contribution in [3.05, 3.63) is 25.2 Å². The SMILES string of the molecule is C=CN1C=CN(C)C1CC(=O)O. The first-order valence-electron chi connectivity index (χ1n) is 3.67. The summed E-state index contributed by atoms with van der Waals surface area (Å²) >= 11 is 0. The van der Waals surface area contributed by atoms with Crippen molar-refractivity contribution in [1.29, 1.82) is 0 Å². The van der Waals surface area contributed by atoms with E-state index in [-0.39, 0.29) is 12.6 Å². The van der Waals surface area contributed by atoms with Crippen LogP contribution in [-0.4, -0.2) is 34.1 Å². The van der Waals surface area contributed by atoms with Gasteiger partial charge in [0, 0.05) is 19.4 Å². The molecule has 0 bridgehead atoms. The highest BCUT2D eigenvalue weighted by atomic mass is 16.4. The highest BCUT2D eigenvalue weighted by Gasteiger charge is 2.23. The molecular weight excluding hydrogens is 156 g/mol. The van der Waals surface area contributed by atoms with Crippen LogP contribution in [0.5, 0.6) is 0 Å². The maximum atomic E-state index is 10.4. The van der Waals surface area contributed by atoms with Crippen LogP contribution in [-0.2, 0) is 4.79 Å². The molecule has 0 aromatic carbocycles. The number of rotatable bonds is 3. The van der Waals surface area contributed by atoms with E-state index < -0.39 is 5.97 Å². The second-order valence-electron chi connectivity index (χ2n) is 2.67. The molecule has 0 aromatic rings. The Morgan fingerprint density at radius 1 is 1.75 bits per heavy atom. The first kappa shape index (κ1) is 8.64. The van der Waals surface area contributed by atoms with Crippen molar-refractivity contribution < 1.29 is 9.90 Å². The molecule has 1 atom stereocenters. The molecule has 1 heterocycles. The summed E-state index contributed by atoms with van der Waals surface area (Å²) < 4.78 is 0. The van der Waals surface area contributed by atoms with Gasteiger partial charge < -0.3 is 14.9 Å². The van der Waals surface area contributed by atoms with Crippen molar-refractivity contribution >= 4 is 5.97 Å². The summed E-state index contributed by atoms with van der Waals surface area (Å²) in [6.45, 7) is 3.59. The van der Waals surface area contributed by atoms with Crippen molar-refractivity contribution in [2.75, 3.05) is 7.05 Å². The minimum atomic E-state index is -0.803. The smallest absolute Gasteiger partial charge is 0.307 e. The Labute approximate surface area is 71.4 Å². The van der Waals surface area contributed by atoms with Crippen LogP contribution < -0.4 is 0 Å². The Morgan fingerprint density at radius 2 is 2.42 bits per heavy atom. The molecule has 0 radical (unpaired) electrons. The van der Waals surface area contributed by atoms with Gasteiger partial charge in [-0.2, -0.15) is 0 Å². The van der Waals surface area contributed by atoms with E-state index in [1.54, 1.807) is 17.3 Å². The van der Waals surface area contributed by atoms with E-state index in [0.717, 1.165) is 0 Å². The molecule has 0 saturated carbocycles. The summed E-state index contributed by atoms with van der Waals surface area (Å²) in [5, 5.41) is 8.59. The van der Waals surface area contributed by atoms with Gasteiger partial charge in [-0.1, -0.05) is 6.58 Å². The topological polar surface area (TPSA) is 43.8 Å². The van der Waals surface area contributed by atoms with Crippen molar-refractivity contribution in [3.63, 3.8) is 0 Å². The molecule has 0 amide bonds. The lowest BCUT2D eigenvalue weighted by molar-refractivity contribution is -0.138. The van der Waals surface area contributed by atoms with Gasteiger partial charge in [-0.15, -0.1) is 0 Å². The predicted molar refractivity (Wildman–Crippen MR) is 45.0 cm³/mol. The summed E-state index contributed by atoms with van der Waals surface area (Å²) in [6, 6.07) is 0. The third-order valence-corrected chi connectivity index (χ3v) is 1.86. The number of carboxylic acid groups (broad SMARTS) is 1. The van der Waals surface area contributed by atoms with E-state index in [1.165, 1.54) is 0 Å². The van der Waals surface area contributed by atoms with Crippen molar-refractivity contribution in [3.8, 4) is 0 Å². The standard InChI is InChI=1S/C8H12N2O2/c1-3-10-5-4-9(2)7(10)6-8(11)12/h3-5,7H,1,6H2,2H3,(H,11,12). The number of hydrogen-bond donors (Lipinski definition) is 1. The largest absolute Gasteiger partial charge is 0.481 e. The van der Waals surface area contributed by atoms with Gasteiger partial charge >= 0.3 is 5.97 Å². The van der Waals surface area contributed by atoms with Gasteiger partial charge in [-0.3, -0.25) is 4.79 Å². The van der Waals surface area contributed by atoms with Gasteiger partial charge in [-0.05, 0) is 6.20 Å². The normalized spacial score (nSPS) is 21.6. The lowest BCUT2D eigenvalue weighted by atomic mass is 10.3. The van der Waals surface area contributed by atoms with E-state index in [2.05, 4.69) is 6.58 Å². The summed E-state index contributed by atoms with van der Waals surface area (Å²) in [4.78, 5) is 14.1. The highest BCUT2D eigenvalue weighted by molar-refractivity contribution is 5.67. The number of carbonyl (C=O) groups is 1. The van der Waals surface area contributed by atoms with E-state index >= 15 is 0 Å². The Balaban J connectivity index is 2.61. The van der Waals surface area contributed by atoms with Crippen molar-refractivity contribution in [2.45, 2.75) is 12.6 Å². The number of carboxylic acids is 1. The highest BCUT2D eigenvalue weighted by Crippen LogP contribution is 2.16. The zero-order chi connectivity index (χ0) is 9.14. The maximum Gasteiger partial charge on any atom is 0.307 e. The summed E-state index contributed by atoms with van der Waals surface area (Å²) in [5.41, 5.74) is 0. The molecule has 1 aliphatic rings. The second-order valence-corrected chi connectivity index (χ2v) is 2.67. The number of nitrogens with zero attached hydrogens (tertiary/aromatic N) is 2. The van der Waals surface area contributed by atoms with Gasteiger partial charge in [0.1, 0.15) is 6.17 Å². The molecule has 4 nitrogen and oxygen atoms in total. The zero-order valence-corrected chi connectivity index (χ0v) is 6.97. The van der Waals surface area contributed by atoms with Crippen LogP contribution in [0.1, 0.15) is 6.42 Å². The molecule has 0 spiro atoms. The van der Waals surface area contributed by atoms with Gasteiger partial charge in [0.05, 0.1) is 6.42 Å². The molecule has 1 N–H and O–H groups in total. The lowest BCUT2D eigenvalue weighted by Crippen LogP contribution is -2.35. The molecule has 4 heteroatoms. The summed E-state index contributed by atoms with van der Waals surface area (Å²) in [5.74, 6) is -0.803. The fourth-order valence-corrected chi connectivity index (χ4v) is 1.18. The number of hydrogen-bond acceptors (Lipinski definition) is 3. The Hall–Kier alpha value is -1.45. The van der Waals surface area contributed by atoms with Gasteiger partial charge in [0.25, 0.3) is 0 Å². The van der Waals surface area contributed by atoms with Crippen molar-refractivity contribution in [2.24, 2.45) is 0 Å². The quantitative estimate of drug-likeness (QED) is 0.672. The summed E-state index contributed by atoms with van der Waals surface area (Å²) in [7, 11) is 1.84. The Morgan fingerprint density at radius 3 is 2.92 bits per heavy atom. The molecular formula is C8H12N2O2. The molecule has 12 heavy (non-hydrogen) atoms. The fourth-order valence-electron chi connectivity index (χ4n) is 1.18. The fraction of sp³-hybridized carbons (Fsp3) is 0.375. The maximum absolute atomic E-state index is 10.4. The minimum Gasteiger partial charge on any atom is -0.481 e. The van der Waals surface area contributed by atoms with Crippen LogP contribution >= 0.6 is 0 Å². The zero-order valence-electron chi connectivity index (χ0n) is 6.97. The third kappa shape index (κ3) is 1.58. The third-order valence-electron chi connectivity index (χ3n) is 1.86. The van der Waals surface area contributed by atoms with Crippen LogP contribution in [0.4, 0.5) is 0 Å². The Kier molecular flexibility index (Phi) is 2.38. The first-order valence-corrected chi connectivity index (χ1v) is 3.67. The molecule has 0 aromatic heterocycles. The molecule has 1 unspecified atom stereocenters. The van der Waals surface area contributed by atoms with Gasteiger partial charge in [0.2, 0.25) is 0 Å². The van der Waals surface area contributed by atoms with E-state index in [1.807, 2.05) is 18.1 Å².